The molecule has 0 aliphatic heterocycles. The maximum absolute atomic E-state index is 9.03. The summed E-state index contributed by atoms with van der Waals surface area (Å²) < 4.78 is 0. The molecule has 0 aromatic heterocycles. The second kappa shape index (κ2) is 5.06. The lowest BCUT2D eigenvalue weighted by molar-refractivity contribution is 0.867. The molecule has 0 heterocycles. The molecular formula is C17H17N. The molecule has 90 valence electrons. The van der Waals surface area contributed by atoms with Crippen molar-refractivity contribution in [2.24, 2.45) is 0 Å². The minimum absolute atomic E-state index is 0.519. The first kappa shape index (κ1) is 12.4. The van der Waals surface area contributed by atoms with Gasteiger partial charge in [-0.2, -0.15) is 5.26 Å². The maximum Gasteiger partial charge on any atom is 0.0991 e. The van der Waals surface area contributed by atoms with Gasteiger partial charge >= 0.3 is 0 Å². The van der Waals surface area contributed by atoms with E-state index >= 15 is 0 Å². The average molecular weight is 235 g/mol. The van der Waals surface area contributed by atoms with Crippen molar-refractivity contribution in [2.45, 2.75) is 26.7 Å². The second-order valence-electron chi connectivity index (χ2n) is 4.98. The lowest BCUT2D eigenvalue weighted by Crippen LogP contribution is -1.89. The summed E-state index contributed by atoms with van der Waals surface area (Å²) in [6.07, 6.45) is 0. The Balaban J connectivity index is 2.52. The first-order valence-electron chi connectivity index (χ1n) is 6.22. The highest BCUT2D eigenvalue weighted by Crippen LogP contribution is 2.25. The van der Waals surface area contributed by atoms with E-state index in [4.69, 9.17) is 5.26 Å². The molecule has 0 saturated carbocycles. The van der Waals surface area contributed by atoms with Crippen molar-refractivity contribution in [3.63, 3.8) is 0 Å². The van der Waals surface area contributed by atoms with Crippen LogP contribution in [-0.4, -0.2) is 0 Å². The number of hydrogen-bond acceptors (Lipinski definition) is 1. The van der Waals surface area contributed by atoms with Crippen LogP contribution in [0.2, 0.25) is 0 Å². The van der Waals surface area contributed by atoms with Gasteiger partial charge in [-0.3, -0.25) is 0 Å². The summed E-state index contributed by atoms with van der Waals surface area (Å²) in [6, 6.07) is 16.7. The molecule has 18 heavy (non-hydrogen) atoms. The molecule has 0 saturated heterocycles. The molecule has 1 nitrogen and oxygen atoms in total. The predicted octanol–water partition coefficient (Wildman–Crippen LogP) is 4.66. The van der Waals surface area contributed by atoms with Gasteiger partial charge in [-0.15, -0.1) is 0 Å². The number of benzene rings is 2. The SMILES string of the molecule is Cc1cc(C#N)cc(-c2cccc(C(C)C)c2)c1. The van der Waals surface area contributed by atoms with E-state index in [1.807, 2.05) is 19.1 Å². The number of nitriles is 1. The minimum Gasteiger partial charge on any atom is -0.192 e. The van der Waals surface area contributed by atoms with Gasteiger partial charge in [-0.25, -0.2) is 0 Å². The fraction of sp³-hybridized carbons (Fsp3) is 0.235. The normalized spacial score (nSPS) is 10.4. The molecule has 0 aliphatic carbocycles. The molecule has 2 rings (SSSR count). The first-order valence-corrected chi connectivity index (χ1v) is 6.22. The Hall–Kier alpha value is -2.07. The summed E-state index contributed by atoms with van der Waals surface area (Å²) in [7, 11) is 0. The van der Waals surface area contributed by atoms with Crippen molar-refractivity contribution < 1.29 is 0 Å². The van der Waals surface area contributed by atoms with Gasteiger partial charge in [-0.1, -0.05) is 44.2 Å². The van der Waals surface area contributed by atoms with Crippen LogP contribution in [0, 0.1) is 18.3 Å². The zero-order chi connectivity index (χ0) is 13.1. The Morgan fingerprint density at radius 1 is 1.00 bits per heavy atom. The molecular weight excluding hydrogens is 218 g/mol. The van der Waals surface area contributed by atoms with E-state index in [1.165, 1.54) is 11.1 Å². The summed E-state index contributed by atoms with van der Waals surface area (Å²) in [6.45, 7) is 6.41. The Morgan fingerprint density at radius 2 is 1.78 bits per heavy atom. The zero-order valence-electron chi connectivity index (χ0n) is 11.1. The highest BCUT2D eigenvalue weighted by atomic mass is 14.2. The number of nitrogens with zero attached hydrogens (tertiary/aromatic N) is 1. The second-order valence-corrected chi connectivity index (χ2v) is 4.98. The van der Waals surface area contributed by atoms with E-state index in [0.29, 0.717) is 5.92 Å². The van der Waals surface area contributed by atoms with Crippen LogP contribution in [0.1, 0.15) is 36.5 Å². The van der Waals surface area contributed by atoms with Crippen molar-refractivity contribution in [2.75, 3.05) is 0 Å². The summed E-state index contributed by atoms with van der Waals surface area (Å²) in [4.78, 5) is 0. The Kier molecular flexibility index (Phi) is 3.48. The van der Waals surface area contributed by atoms with Crippen molar-refractivity contribution in [3.05, 3.63) is 59.2 Å². The largest absolute Gasteiger partial charge is 0.192 e. The fourth-order valence-corrected chi connectivity index (χ4v) is 2.09. The number of hydrogen-bond donors (Lipinski definition) is 0. The quantitative estimate of drug-likeness (QED) is 0.742. The van der Waals surface area contributed by atoms with E-state index in [-0.39, 0.29) is 0 Å². The highest BCUT2D eigenvalue weighted by molar-refractivity contribution is 5.67. The van der Waals surface area contributed by atoms with Crippen LogP contribution >= 0.6 is 0 Å². The molecule has 0 atom stereocenters. The Bertz CT molecular complexity index is 603. The molecule has 1 heteroatoms. The third-order valence-corrected chi connectivity index (χ3v) is 3.09. The predicted molar refractivity (Wildman–Crippen MR) is 75.4 cm³/mol. The molecule has 0 radical (unpaired) electrons. The standard InChI is InChI=1S/C17H17N/c1-12(2)15-5-4-6-16(10-15)17-8-13(3)7-14(9-17)11-18/h4-10,12H,1-3H3. The fourth-order valence-electron chi connectivity index (χ4n) is 2.09. The summed E-state index contributed by atoms with van der Waals surface area (Å²) in [5.41, 5.74) is 5.47. The van der Waals surface area contributed by atoms with Gasteiger partial charge in [0.05, 0.1) is 11.6 Å². The third kappa shape index (κ3) is 2.60. The number of aryl methyl sites for hydroxylation is 1. The van der Waals surface area contributed by atoms with Gasteiger partial charge < -0.3 is 0 Å². The lowest BCUT2D eigenvalue weighted by atomic mass is 9.96. The molecule has 0 N–H and O–H groups in total. The van der Waals surface area contributed by atoms with Gasteiger partial charge in [0.15, 0.2) is 0 Å². The van der Waals surface area contributed by atoms with E-state index in [1.54, 1.807) is 0 Å². The summed E-state index contributed by atoms with van der Waals surface area (Å²) in [5, 5.41) is 9.03. The summed E-state index contributed by atoms with van der Waals surface area (Å²) >= 11 is 0. The Morgan fingerprint density at radius 3 is 2.44 bits per heavy atom. The van der Waals surface area contributed by atoms with Crippen LogP contribution in [0.5, 0.6) is 0 Å². The topological polar surface area (TPSA) is 23.8 Å². The van der Waals surface area contributed by atoms with Gasteiger partial charge in [0.1, 0.15) is 0 Å². The van der Waals surface area contributed by atoms with E-state index in [9.17, 15) is 0 Å². The van der Waals surface area contributed by atoms with E-state index in [2.05, 4.69) is 50.2 Å². The first-order chi connectivity index (χ1) is 8.60. The van der Waals surface area contributed by atoms with Crippen LogP contribution < -0.4 is 0 Å². The molecule has 2 aromatic rings. The van der Waals surface area contributed by atoms with Crippen molar-refractivity contribution in [1.29, 1.82) is 5.26 Å². The molecule has 0 spiro atoms. The van der Waals surface area contributed by atoms with Crippen LogP contribution in [0.4, 0.5) is 0 Å². The van der Waals surface area contributed by atoms with Crippen LogP contribution in [0.15, 0.2) is 42.5 Å². The van der Waals surface area contributed by atoms with Crippen molar-refractivity contribution in [1.82, 2.24) is 0 Å². The monoisotopic (exact) mass is 235 g/mol. The van der Waals surface area contributed by atoms with E-state index < -0.39 is 0 Å². The molecule has 2 aromatic carbocycles. The van der Waals surface area contributed by atoms with Crippen LogP contribution in [0.25, 0.3) is 11.1 Å². The summed E-state index contributed by atoms with van der Waals surface area (Å²) in [5.74, 6) is 0.519. The molecule has 0 fully saturated rings. The average Bonchev–Trinajstić information content (AvgIpc) is 2.38. The zero-order valence-corrected chi connectivity index (χ0v) is 11.1. The molecule has 0 unspecified atom stereocenters. The molecule has 0 bridgehead atoms. The minimum atomic E-state index is 0.519. The third-order valence-electron chi connectivity index (χ3n) is 3.09. The Labute approximate surface area is 109 Å². The molecule has 0 aliphatic rings. The van der Waals surface area contributed by atoms with Gasteiger partial charge in [-0.05, 0) is 47.2 Å². The maximum atomic E-state index is 9.03. The smallest absolute Gasteiger partial charge is 0.0991 e. The highest BCUT2D eigenvalue weighted by Gasteiger charge is 2.04. The molecule has 0 amide bonds. The van der Waals surface area contributed by atoms with Crippen molar-refractivity contribution in [3.8, 4) is 17.2 Å². The van der Waals surface area contributed by atoms with Gasteiger partial charge in [0.25, 0.3) is 0 Å². The lowest BCUT2D eigenvalue weighted by Gasteiger charge is -2.09. The van der Waals surface area contributed by atoms with Gasteiger partial charge in [0, 0.05) is 0 Å². The number of rotatable bonds is 2. The van der Waals surface area contributed by atoms with Crippen LogP contribution in [0.3, 0.4) is 0 Å². The van der Waals surface area contributed by atoms with E-state index in [0.717, 1.165) is 16.7 Å². The van der Waals surface area contributed by atoms with Gasteiger partial charge in [0.2, 0.25) is 0 Å². The van der Waals surface area contributed by atoms with Crippen molar-refractivity contribution >= 4 is 0 Å². The van der Waals surface area contributed by atoms with Crippen LogP contribution in [-0.2, 0) is 0 Å².